The van der Waals surface area contributed by atoms with Crippen molar-refractivity contribution in [3.63, 3.8) is 0 Å². The van der Waals surface area contributed by atoms with Gasteiger partial charge in [0, 0.05) is 13.6 Å². The van der Waals surface area contributed by atoms with E-state index in [0.29, 0.717) is 0 Å². The lowest BCUT2D eigenvalue weighted by Crippen LogP contribution is -2.40. The van der Waals surface area contributed by atoms with Crippen molar-refractivity contribution in [2.24, 2.45) is 5.92 Å². The van der Waals surface area contributed by atoms with Gasteiger partial charge >= 0.3 is 5.97 Å². The number of carbonyl (C=O) groups excluding carboxylic acids is 2. The predicted molar refractivity (Wildman–Crippen MR) is 65.5 cm³/mol. The van der Waals surface area contributed by atoms with Gasteiger partial charge in [-0.25, -0.2) is 0 Å². The summed E-state index contributed by atoms with van der Waals surface area (Å²) in [7, 11) is 1.49. The largest absolute Gasteiger partial charge is 0.481 e. The van der Waals surface area contributed by atoms with Crippen molar-refractivity contribution in [2.45, 2.75) is 6.92 Å². The Morgan fingerprint density at radius 2 is 2.16 bits per heavy atom. The van der Waals surface area contributed by atoms with Gasteiger partial charge in [0.05, 0.1) is 18.7 Å². The maximum Gasteiger partial charge on any atom is 0.308 e. The molecule has 0 bridgehead atoms. The highest BCUT2D eigenvalue weighted by molar-refractivity contribution is 5.94. The first-order chi connectivity index (χ1) is 8.91. The van der Waals surface area contributed by atoms with E-state index in [1.54, 1.807) is 6.07 Å². The topological polar surface area (TPSA) is 99.9 Å². The van der Waals surface area contributed by atoms with Crippen LogP contribution in [0.15, 0.2) is 22.8 Å². The minimum atomic E-state index is -0.973. The fourth-order valence-corrected chi connectivity index (χ4v) is 1.38. The van der Waals surface area contributed by atoms with Gasteiger partial charge in [-0.05, 0) is 12.1 Å². The van der Waals surface area contributed by atoms with Gasteiger partial charge in [-0.15, -0.1) is 0 Å². The zero-order chi connectivity index (χ0) is 14.4. The van der Waals surface area contributed by atoms with Crippen LogP contribution < -0.4 is 5.32 Å². The molecule has 19 heavy (non-hydrogen) atoms. The number of hydrogen-bond donors (Lipinski definition) is 2. The average molecular weight is 268 g/mol. The maximum absolute atomic E-state index is 11.7. The van der Waals surface area contributed by atoms with Crippen LogP contribution in [0.4, 0.5) is 0 Å². The monoisotopic (exact) mass is 268 g/mol. The molecule has 0 fully saturated rings. The van der Waals surface area contributed by atoms with E-state index in [4.69, 9.17) is 9.52 Å². The third kappa shape index (κ3) is 4.46. The van der Waals surface area contributed by atoms with E-state index in [1.165, 1.54) is 31.2 Å². The minimum Gasteiger partial charge on any atom is -0.481 e. The van der Waals surface area contributed by atoms with Crippen molar-refractivity contribution in [2.75, 3.05) is 20.1 Å². The smallest absolute Gasteiger partial charge is 0.308 e. The zero-order valence-electron chi connectivity index (χ0n) is 10.8. The van der Waals surface area contributed by atoms with Crippen LogP contribution in [0.2, 0.25) is 0 Å². The summed E-state index contributed by atoms with van der Waals surface area (Å²) >= 11 is 0. The number of nitrogens with zero attached hydrogens (tertiary/aromatic N) is 1. The van der Waals surface area contributed by atoms with Gasteiger partial charge in [-0.3, -0.25) is 14.4 Å². The lowest BCUT2D eigenvalue weighted by Gasteiger charge is -2.19. The fraction of sp³-hybridized carbons (Fsp3) is 0.417. The molecule has 1 atom stereocenters. The number of rotatable bonds is 6. The Morgan fingerprint density at radius 1 is 1.47 bits per heavy atom. The summed E-state index contributed by atoms with van der Waals surface area (Å²) < 4.78 is 4.87. The molecule has 0 spiro atoms. The fourth-order valence-electron chi connectivity index (χ4n) is 1.38. The standard InChI is InChI=1S/C12H16N2O5/c1-8(12(17)18)7-14(2)10(15)6-13-11(16)9-4-3-5-19-9/h3-5,8H,6-7H2,1-2H3,(H,13,16)(H,17,18). The SMILES string of the molecule is CC(CN(C)C(=O)CNC(=O)c1ccco1)C(=O)O. The Balaban J connectivity index is 2.38. The molecule has 0 aliphatic rings. The molecule has 1 aromatic rings. The quantitative estimate of drug-likeness (QED) is 0.767. The van der Waals surface area contributed by atoms with Crippen LogP contribution >= 0.6 is 0 Å². The Labute approximate surface area is 110 Å². The van der Waals surface area contributed by atoms with Crippen molar-refractivity contribution in [1.82, 2.24) is 10.2 Å². The normalized spacial score (nSPS) is 11.7. The number of amides is 2. The second kappa shape index (κ2) is 6.58. The molecule has 1 unspecified atom stereocenters. The number of hydrogen-bond acceptors (Lipinski definition) is 4. The molecular weight excluding hydrogens is 252 g/mol. The molecule has 1 aromatic heterocycles. The zero-order valence-corrected chi connectivity index (χ0v) is 10.8. The van der Waals surface area contributed by atoms with Crippen LogP contribution in [-0.4, -0.2) is 47.9 Å². The van der Waals surface area contributed by atoms with Gasteiger partial charge in [-0.2, -0.15) is 0 Å². The molecule has 0 aromatic carbocycles. The highest BCUT2D eigenvalue weighted by Crippen LogP contribution is 2.00. The first kappa shape index (κ1) is 14.7. The summed E-state index contributed by atoms with van der Waals surface area (Å²) in [6.45, 7) is 1.39. The van der Waals surface area contributed by atoms with Crippen LogP contribution in [0.1, 0.15) is 17.5 Å². The van der Waals surface area contributed by atoms with Crippen molar-refractivity contribution in [1.29, 1.82) is 0 Å². The van der Waals surface area contributed by atoms with E-state index in [2.05, 4.69) is 5.32 Å². The van der Waals surface area contributed by atoms with Gasteiger partial charge in [-0.1, -0.05) is 6.92 Å². The second-order valence-electron chi connectivity index (χ2n) is 4.17. The van der Waals surface area contributed by atoms with E-state index in [-0.39, 0.29) is 24.8 Å². The summed E-state index contributed by atoms with van der Waals surface area (Å²) in [6, 6.07) is 3.05. The number of carboxylic acid groups (broad SMARTS) is 1. The predicted octanol–water partition coefficient (Wildman–Crippen LogP) is 0.188. The van der Waals surface area contributed by atoms with Gasteiger partial charge in [0.15, 0.2) is 5.76 Å². The van der Waals surface area contributed by atoms with Gasteiger partial charge < -0.3 is 19.7 Å². The molecule has 2 N–H and O–H groups in total. The molecule has 0 radical (unpaired) electrons. The number of likely N-dealkylation sites (N-methyl/N-ethyl adjacent to an activating group) is 1. The third-order valence-electron chi connectivity index (χ3n) is 2.54. The van der Waals surface area contributed by atoms with Crippen LogP contribution in [0.5, 0.6) is 0 Å². The number of aliphatic carboxylic acids is 1. The van der Waals surface area contributed by atoms with Crippen LogP contribution in [0.25, 0.3) is 0 Å². The summed E-state index contributed by atoms with van der Waals surface area (Å²) in [5.41, 5.74) is 0. The first-order valence-corrected chi connectivity index (χ1v) is 5.70. The molecule has 0 aliphatic carbocycles. The minimum absolute atomic E-state index is 0.0881. The molecule has 0 aliphatic heterocycles. The van der Waals surface area contributed by atoms with E-state index >= 15 is 0 Å². The van der Waals surface area contributed by atoms with Crippen molar-refractivity contribution < 1.29 is 23.9 Å². The van der Waals surface area contributed by atoms with Gasteiger partial charge in [0.25, 0.3) is 5.91 Å². The molecule has 2 amide bonds. The van der Waals surface area contributed by atoms with Crippen molar-refractivity contribution in [3.8, 4) is 0 Å². The van der Waals surface area contributed by atoms with Gasteiger partial charge in [0.2, 0.25) is 5.91 Å². The highest BCUT2D eigenvalue weighted by Gasteiger charge is 2.18. The summed E-state index contributed by atoms with van der Waals surface area (Å²) in [6.07, 6.45) is 1.36. The molecular formula is C12H16N2O5. The van der Waals surface area contributed by atoms with Crippen molar-refractivity contribution >= 4 is 17.8 Å². The van der Waals surface area contributed by atoms with Crippen LogP contribution in [0, 0.1) is 5.92 Å². The molecule has 0 saturated heterocycles. The van der Waals surface area contributed by atoms with Gasteiger partial charge in [0.1, 0.15) is 0 Å². The Hall–Kier alpha value is -2.31. The number of carbonyl (C=O) groups is 3. The van der Waals surface area contributed by atoms with E-state index in [1.807, 2.05) is 0 Å². The third-order valence-corrected chi connectivity index (χ3v) is 2.54. The maximum atomic E-state index is 11.7. The molecule has 0 saturated carbocycles. The van der Waals surface area contributed by atoms with E-state index < -0.39 is 17.8 Å². The van der Waals surface area contributed by atoms with Crippen LogP contribution in [-0.2, 0) is 9.59 Å². The Morgan fingerprint density at radius 3 is 2.68 bits per heavy atom. The summed E-state index contributed by atoms with van der Waals surface area (Å²) in [4.78, 5) is 35.1. The van der Waals surface area contributed by atoms with E-state index in [9.17, 15) is 14.4 Å². The second-order valence-corrected chi connectivity index (χ2v) is 4.17. The lowest BCUT2D eigenvalue weighted by atomic mass is 10.2. The molecule has 7 nitrogen and oxygen atoms in total. The van der Waals surface area contributed by atoms with E-state index in [0.717, 1.165) is 0 Å². The molecule has 1 heterocycles. The average Bonchev–Trinajstić information content (AvgIpc) is 2.88. The Kier molecular flexibility index (Phi) is 5.11. The first-order valence-electron chi connectivity index (χ1n) is 5.70. The number of carboxylic acids is 1. The lowest BCUT2D eigenvalue weighted by molar-refractivity contribution is -0.142. The van der Waals surface area contributed by atoms with Crippen LogP contribution in [0.3, 0.4) is 0 Å². The number of furan rings is 1. The summed E-state index contributed by atoms with van der Waals surface area (Å²) in [5, 5.41) is 11.1. The molecule has 104 valence electrons. The van der Waals surface area contributed by atoms with Crippen molar-refractivity contribution in [3.05, 3.63) is 24.2 Å². The molecule has 7 heteroatoms. The molecule has 1 rings (SSSR count). The Bertz CT molecular complexity index is 455. The number of nitrogens with one attached hydrogen (secondary N) is 1. The summed E-state index contributed by atoms with van der Waals surface area (Å²) in [5.74, 6) is -2.37. The highest BCUT2D eigenvalue weighted by atomic mass is 16.4.